The second kappa shape index (κ2) is 9.69. The van der Waals surface area contributed by atoms with E-state index in [4.69, 9.17) is 32.7 Å². The van der Waals surface area contributed by atoms with Crippen molar-refractivity contribution in [3.8, 4) is 0 Å². The molecule has 3 atom stereocenters. The van der Waals surface area contributed by atoms with Crippen molar-refractivity contribution in [2.45, 2.75) is 18.0 Å². The predicted octanol–water partition coefficient (Wildman–Crippen LogP) is 5.70. The summed E-state index contributed by atoms with van der Waals surface area (Å²) in [4.78, 5) is 43.8. The van der Waals surface area contributed by atoms with Crippen molar-refractivity contribution in [3.05, 3.63) is 111 Å². The number of fused-ring (bicyclic) bond motifs is 3. The van der Waals surface area contributed by atoms with Crippen LogP contribution in [0.15, 0.2) is 79.0 Å². The fourth-order valence-corrected chi connectivity index (χ4v) is 6.29. The van der Waals surface area contributed by atoms with Crippen LogP contribution >= 0.6 is 23.2 Å². The van der Waals surface area contributed by atoms with Gasteiger partial charge in [-0.15, -0.1) is 0 Å². The molecule has 2 heterocycles. The largest absolute Gasteiger partial charge is 0.468 e. The third kappa shape index (κ3) is 3.74. The molecule has 0 unspecified atom stereocenters. The van der Waals surface area contributed by atoms with Gasteiger partial charge in [0.15, 0.2) is 11.2 Å². The summed E-state index contributed by atoms with van der Waals surface area (Å²) in [6.45, 7) is 0. The van der Waals surface area contributed by atoms with E-state index < -0.39 is 35.4 Å². The number of Topliss-reactive ketones (excluding diaryl/α,β-unsaturated/α-hetero) is 1. The monoisotopic (exact) mass is 535 g/mol. The lowest BCUT2D eigenvalue weighted by atomic mass is 9.65. The third-order valence-corrected chi connectivity index (χ3v) is 7.79. The minimum Gasteiger partial charge on any atom is -0.468 e. The highest BCUT2D eigenvalue weighted by Gasteiger charge is 2.71. The molecule has 6 nitrogen and oxygen atoms in total. The highest BCUT2D eigenvalue weighted by Crippen LogP contribution is 2.61. The average Bonchev–Trinajstić information content (AvgIpc) is 3.24. The fraction of sp³-hybridized carbons (Fsp3) is 0.207. The summed E-state index contributed by atoms with van der Waals surface area (Å²) in [6, 6.07) is 19.2. The molecular formula is C29H23Cl2NO5. The van der Waals surface area contributed by atoms with Gasteiger partial charge in [0.2, 0.25) is 0 Å². The summed E-state index contributed by atoms with van der Waals surface area (Å²) >= 11 is 12.6. The smallest absolute Gasteiger partial charge is 0.326 e. The van der Waals surface area contributed by atoms with Crippen LogP contribution < -0.4 is 0 Å². The van der Waals surface area contributed by atoms with Gasteiger partial charge in [0.25, 0.3) is 0 Å². The third-order valence-electron chi connectivity index (χ3n) is 7.24. The number of methoxy groups -OCH3 is 2. The van der Waals surface area contributed by atoms with Gasteiger partial charge in [-0.1, -0.05) is 77.8 Å². The molecule has 0 radical (unpaired) electrons. The zero-order valence-electron chi connectivity index (χ0n) is 20.1. The Bertz CT molecular complexity index is 1400. The molecule has 8 heteroatoms. The lowest BCUT2D eigenvalue weighted by molar-refractivity contribution is -0.172. The van der Waals surface area contributed by atoms with Crippen LogP contribution in [0.5, 0.6) is 0 Å². The van der Waals surface area contributed by atoms with Crippen molar-refractivity contribution in [1.82, 2.24) is 4.90 Å². The number of nitrogens with zero attached hydrogens (tertiary/aromatic N) is 1. The quantitative estimate of drug-likeness (QED) is 0.237. The Balaban J connectivity index is 1.85. The number of esters is 2. The van der Waals surface area contributed by atoms with E-state index in [-0.39, 0.29) is 16.4 Å². The van der Waals surface area contributed by atoms with E-state index in [1.54, 1.807) is 47.5 Å². The van der Waals surface area contributed by atoms with Crippen molar-refractivity contribution < 1.29 is 23.9 Å². The van der Waals surface area contributed by atoms with Crippen LogP contribution in [0.4, 0.5) is 0 Å². The number of halogens is 2. The van der Waals surface area contributed by atoms with Crippen molar-refractivity contribution in [2.24, 2.45) is 5.41 Å². The van der Waals surface area contributed by atoms with Crippen LogP contribution in [-0.4, -0.2) is 42.9 Å². The fourth-order valence-electron chi connectivity index (χ4n) is 5.79. The molecule has 0 aromatic heterocycles. The second-order valence-electron chi connectivity index (χ2n) is 8.97. The Labute approximate surface area is 224 Å². The lowest BCUT2D eigenvalue weighted by Gasteiger charge is -2.38. The zero-order valence-corrected chi connectivity index (χ0v) is 21.6. The first kappa shape index (κ1) is 25.1. The number of ketones is 1. The number of carbonyl (C=O) groups is 3. The summed E-state index contributed by atoms with van der Waals surface area (Å²) in [6.07, 6.45) is 3.62. The van der Waals surface area contributed by atoms with Gasteiger partial charge >= 0.3 is 11.9 Å². The van der Waals surface area contributed by atoms with E-state index in [0.29, 0.717) is 16.1 Å². The van der Waals surface area contributed by atoms with Crippen LogP contribution in [0.1, 0.15) is 39.0 Å². The highest BCUT2D eigenvalue weighted by molar-refractivity contribution is 6.37. The normalized spacial score (nSPS) is 21.1. The molecule has 188 valence electrons. The first-order valence-corrected chi connectivity index (χ1v) is 12.4. The van der Waals surface area contributed by atoms with Crippen molar-refractivity contribution in [3.63, 3.8) is 0 Å². The van der Waals surface area contributed by atoms with E-state index >= 15 is 0 Å². The molecule has 0 aliphatic carbocycles. The number of rotatable bonds is 5. The molecule has 3 aromatic rings. The zero-order chi connectivity index (χ0) is 26.3. The maximum atomic E-state index is 14.3. The van der Waals surface area contributed by atoms with Crippen LogP contribution in [0.2, 0.25) is 10.0 Å². The van der Waals surface area contributed by atoms with Gasteiger partial charge in [-0.05, 0) is 41.0 Å². The molecule has 0 saturated carbocycles. The number of carbonyl (C=O) groups excluding carboxylic acids is 3. The molecule has 3 aromatic carbocycles. The Morgan fingerprint density at radius 3 is 2.16 bits per heavy atom. The van der Waals surface area contributed by atoms with Gasteiger partial charge in [0.1, 0.15) is 6.04 Å². The molecule has 2 aliphatic rings. The van der Waals surface area contributed by atoms with Gasteiger partial charge < -0.3 is 14.4 Å². The standard InChI is InChI=1S/C29H23Cl2NO5/c1-36-27(34)29(28(35)37-2)23(18-9-4-3-5-10-18)24(25(33)21-13-12-19(30)16-22(21)31)32-15-14-17-8-6-7-11-20(17)26(29)32/h3-16,23-24,26H,1-2H3/t23-,24-,26+/m1/s1. The molecule has 2 aliphatic heterocycles. The topological polar surface area (TPSA) is 72.9 Å². The van der Waals surface area contributed by atoms with Gasteiger partial charge in [-0.3, -0.25) is 14.4 Å². The van der Waals surface area contributed by atoms with E-state index in [2.05, 4.69) is 0 Å². The summed E-state index contributed by atoms with van der Waals surface area (Å²) in [5.41, 5.74) is 0.477. The minimum absolute atomic E-state index is 0.177. The molecular weight excluding hydrogens is 513 g/mol. The number of hydrogen-bond acceptors (Lipinski definition) is 6. The maximum absolute atomic E-state index is 14.3. The molecule has 0 bridgehead atoms. The Morgan fingerprint density at radius 1 is 0.865 bits per heavy atom. The summed E-state index contributed by atoms with van der Waals surface area (Å²) in [5.74, 6) is -2.90. The Kier molecular flexibility index (Phi) is 6.56. The Morgan fingerprint density at radius 2 is 1.51 bits per heavy atom. The SMILES string of the molecule is COC(=O)C1(C(=O)OC)[C@H](c2ccccc2)[C@H](C(=O)c2ccc(Cl)cc2Cl)N2C=Cc3ccccc3[C@H]21. The lowest BCUT2D eigenvalue weighted by Crippen LogP contribution is -2.49. The highest BCUT2D eigenvalue weighted by atomic mass is 35.5. The van der Waals surface area contributed by atoms with Crippen LogP contribution in [0.25, 0.3) is 6.08 Å². The van der Waals surface area contributed by atoms with Crippen LogP contribution in [-0.2, 0) is 19.1 Å². The van der Waals surface area contributed by atoms with Crippen molar-refractivity contribution in [1.29, 1.82) is 0 Å². The van der Waals surface area contributed by atoms with Gasteiger partial charge in [-0.2, -0.15) is 0 Å². The Hall–Kier alpha value is -3.61. The number of benzene rings is 3. The average molecular weight is 536 g/mol. The maximum Gasteiger partial charge on any atom is 0.326 e. The van der Waals surface area contributed by atoms with Gasteiger partial charge in [-0.25, -0.2) is 0 Å². The number of ether oxygens (including phenoxy) is 2. The number of hydrogen-bond donors (Lipinski definition) is 0. The van der Waals surface area contributed by atoms with E-state index in [0.717, 1.165) is 5.56 Å². The molecule has 0 amide bonds. The van der Waals surface area contributed by atoms with Crippen LogP contribution in [0, 0.1) is 5.41 Å². The summed E-state index contributed by atoms with van der Waals surface area (Å²) in [7, 11) is 2.46. The van der Waals surface area contributed by atoms with E-state index in [1.165, 1.54) is 20.3 Å². The van der Waals surface area contributed by atoms with Crippen molar-refractivity contribution >= 4 is 47.0 Å². The summed E-state index contributed by atoms with van der Waals surface area (Å²) < 4.78 is 10.6. The second-order valence-corrected chi connectivity index (χ2v) is 9.81. The molecule has 0 N–H and O–H groups in total. The first-order valence-electron chi connectivity index (χ1n) is 11.6. The first-order chi connectivity index (χ1) is 17.9. The summed E-state index contributed by atoms with van der Waals surface area (Å²) in [5, 5.41) is 0.562. The van der Waals surface area contributed by atoms with Crippen molar-refractivity contribution in [2.75, 3.05) is 14.2 Å². The molecule has 1 fully saturated rings. The minimum atomic E-state index is -1.90. The molecule has 5 rings (SSSR count). The van der Waals surface area contributed by atoms with Crippen LogP contribution in [0.3, 0.4) is 0 Å². The van der Waals surface area contributed by atoms with Gasteiger partial charge in [0, 0.05) is 22.7 Å². The van der Waals surface area contributed by atoms with E-state index in [9.17, 15) is 14.4 Å². The molecule has 0 spiro atoms. The molecule has 37 heavy (non-hydrogen) atoms. The molecule has 1 saturated heterocycles. The van der Waals surface area contributed by atoms with Gasteiger partial charge in [0.05, 0.1) is 25.3 Å². The van der Waals surface area contributed by atoms with E-state index in [1.807, 2.05) is 36.4 Å². The predicted molar refractivity (Wildman–Crippen MR) is 140 cm³/mol.